The molecule has 2 aromatic carbocycles. The predicted octanol–water partition coefficient (Wildman–Crippen LogP) is 4.28. The summed E-state index contributed by atoms with van der Waals surface area (Å²) in [6.07, 6.45) is 2.03. The molecule has 3 rings (SSSR count). The summed E-state index contributed by atoms with van der Waals surface area (Å²) in [7, 11) is 0. The van der Waals surface area contributed by atoms with Crippen molar-refractivity contribution in [1.82, 2.24) is 0 Å². The van der Waals surface area contributed by atoms with Crippen molar-refractivity contribution in [3.63, 3.8) is 0 Å². The summed E-state index contributed by atoms with van der Waals surface area (Å²) in [6.45, 7) is 0.594. The first-order chi connectivity index (χ1) is 9.74. The number of amides is 1. The maximum Gasteiger partial charge on any atom is 0.230 e. The van der Waals surface area contributed by atoms with Gasteiger partial charge in [-0.15, -0.1) is 0 Å². The van der Waals surface area contributed by atoms with Gasteiger partial charge in [0, 0.05) is 16.6 Å². The van der Waals surface area contributed by atoms with E-state index in [1.165, 1.54) is 0 Å². The van der Waals surface area contributed by atoms with Crippen molar-refractivity contribution in [2.24, 2.45) is 5.92 Å². The van der Waals surface area contributed by atoms with Gasteiger partial charge in [-0.2, -0.15) is 0 Å². The maximum atomic E-state index is 12.5. The molecule has 1 aliphatic rings. The number of carbonyl (C=O) groups is 1. The molecular formula is C17H16ClNO. The molecule has 3 heteroatoms. The van der Waals surface area contributed by atoms with Gasteiger partial charge in [0.1, 0.15) is 0 Å². The Balaban J connectivity index is 1.85. The first kappa shape index (κ1) is 13.2. The number of halogens is 1. The van der Waals surface area contributed by atoms with Gasteiger partial charge >= 0.3 is 0 Å². The molecule has 0 spiro atoms. The molecule has 2 nitrogen and oxygen atoms in total. The Morgan fingerprint density at radius 2 is 1.70 bits per heavy atom. The van der Waals surface area contributed by atoms with Crippen LogP contribution in [0.25, 0.3) is 0 Å². The highest BCUT2D eigenvalue weighted by Gasteiger charge is 2.34. The number of hydrogen-bond donors (Lipinski definition) is 0. The highest BCUT2D eigenvalue weighted by molar-refractivity contribution is 6.30. The molecule has 1 saturated carbocycles. The lowest BCUT2D eigenvalue weighted by Gasteiger charge is -2.23. The van der Waals surface area contributed by atoms with Gasteiger partial charge in [0.05, 0.1) is 6.54 Å². The van der Waals surface area contributed by atoms with Crippen molar-refractivity contribution >= 4 is 23.2 Å². The van der Waals surface area contributed by atoms with Crippen LogP contribution in [-0.4, -0.2) is 5.91 Å². The lowest BCUT2D eigenvalue weighted by atomic mass is 10.1. The van der Waals surface area contributed by atoms with E-state index in [9.17, 15) is 4.79 Å². The number of benzene rings is 2. The molecular weight excluding hydrogens is 270 g/mol. The van der Waals surface area contributed by atoms with Gasteiger partial charge in [-0.05, 0) is 42.7 Å². The summed E-state index contributed by atoms with van der Waals surface area (Å²) in [4.78, 5) is 14.4. The SMILES string of the molecule is O=C(C1CC1)N(Cc1ccc(Cl)cc1)c1ccccc1. The summed E-state index contributed by atoms with van der Waals surface area (Å²) in [5, 5.41) is 0.716. The van der Waals surface area contributed by atoms with Crippen molar-refractivity contribution in [1.29, 1.82) is 0 Å². The fraction of sp³-hybridized carbons (Fsp3) is 0.235. The molecule has 0 heterocycles. The van der Waals surface area contributed by atoms with E-state index < -0.39 is 0 Å². The van der Waals surface area contributed by atoms with Crippen LogP contribution >= 0.6 is 11.6 Å². The predicted molar refractivity (Wildman–Crippen MR) is 81.8 cm³/mol. The molecule has 0 atom stereocenters. The van der Waals surface area contributed by atoms with Crippen molar-refractivity contribution in [2.75, 3.05) is 4.90 Å². The molecule has 0 aliphatic heterocycles. The maximum absolute atomic E-state index is 12.5. The average molecular weight is 286 g/mol. The Morgan fingerprint density at radius 3 is 2.30 bits per heavy atom. The Morgan fingerprint density at radius 1 is 1.05 bits per heavy atom. The van der Waals surface area contributed by atoms with E-state index in [0.717, 1.165) is 24.1 Å². The third kappa shape index (κ3) is 3.02. The van der Waals surface area contributed by atoms with Crippen molar-refractivity contribution in [3.8, 4) is 0 Å². The zero-order valence-corrected chi connectivity index (χ0v) is 11.9. The largest absolute Gasteiger partial charge is 0.308 e. The van der Waals surface area contributed by atoms with Crippen LogP contribution in [-0.2, 0) is 11.3 Å². The average Bonchev–Trinajstić information content (AvgIpc) is 3.31. The van der Waals surface area contributed by atoms with Crippen LogP contribution in [0.1, 0.15) is 18.4 Å². The van der Waals surface area contributed by atoms with Gasteiger partial charge in [-0.25, -0.2) is 0 Å². The van der Waals surface area contributed by atoms with E-state index in [1.54, 1.807) is 0 Å². The lowest BCUT2D eigenvalue weighted by Crippen LogP contribution is -2.31. The topological polar surface area (TPSA) is 20.3 Å². The Kier molecular flexibility index (Phi) is 3.75. The zero-order valence-electron chi connectivity index (χ0n) is 11.1. The minimum absolute atomic E-state index is 0.211. The molecule has 20 heavy (non-hydrogen) atoms. The van der Waals surface area contributed by atoms with Gasteiger partial charge in [-0.1, -0.05) is 41.9 Å². The van der Waals surface area contributed by atoms with Crippen LogP contribution in [0.4, 0.5) is 5.69 Å². The fourth-order valence-corrected chi connectivity index (χ4v) is 2.35. The first-order valence-electron chi connectivity index (χ1n) is 6.85. The van der Waals surface area contributed by atoms with E-state index in [0.29, 0.717) is 11.6 Å². The second-order valence-electron chi connectivity index (χ2n) is 5.16. The number of hydrogen-bond acceptors (Lipinski definition) is 1. The van der Waals surface area contributed by atoms with Crippen molar-refractivity contribution in [2.45, 2.75) is 19.4 Å². The second kappa shape index (κ2) is 5.68. The van der Waals surface area contributed by atoms with E-state index in [4.69, 9.17) is 11.6 Å². The molecule has 1 amide bonds. The number of rotatable bonds is 4. The zero-order chi connectivity index (χ0) is 13.9. The Labute approximate surface area is 124 Å². The van der Waals surface area contributed by atoms with E-state index in [-0.39, 0.29) is 11.8 Å². The summed E-state index contributed by atoms with van der Waals surface area (Å²) < 4.78 is 0. The van der Waals surface area contributed by atoms with Crippen LogP contribution in [0.15, 0.2) is 54.6 Å². The molecule has 0 radical (unpaired) electrons. The van der Waals surface area contributed by atoms with Gasteiger partial charge < -0.3 is 4.90 Å². The number of para-hydroxylation sites is 1. The van der Waals surface area contributed by atoms with Gasteiger partial charge in [-0.3, -0.25) is 4.79 Å². The fourth-order valence-electron chi connectivity index (χ4n) is 2.23. The Hall–Kier alpha value is -1.80. The second-order valence-corrected chi connectivity index (χ2v) is 5.60. The smallest absolute Gasteiger partial charge is 0.230 e. The van der Waals surface area contributed by atoms with E-state index in [1.807, 2.05) is 59.5 Å². The first-order valence-corrected chi connectivity index (χ1v) is 7.23. The van der Waals surface area contributed by atoms with Crippen LogP contribution < -0.4 is 4.90 Å². The summed E-state index contributed by atoms with van der Waals surface area (Å²) in [5.41, 5.74) is 2.05. The molecule has 2 aromatic rings. The van der Waals surface area contributed by atoms with Gasteiger partial charge in [0.15, 0.2) is 0 Å². The molecule has 0 bridgehead atoms. The molecule has 0 unspecified atom stereocenters. The Bertz CT molecular complexity index is 590. The van der Waals surface area contributed by atoms with E-state index in [2.05, 4.69) is 0 Å². The van der Waals surface area contributed by atoms with Crippen LogP contribution in [0.5, 0.6) is 0 Å². The number of carbonyl (C=O) groups excluding carboxylic acids is 1. The van der Waals surface area contributed by atoms with Crippen LogP contribution in [0.3, 0.4) is 0 Å². The van der Waals surface area contributed by atoms with Gasteiger partial charge in [0.25, 0.3) is 0 Å². The lowest BCUT2D eigenvalue weighted by molar-refractivity contribution is -0.119. The van der Waals surface area contributed by atoms with Crippen molar-refractivity contribution < 1.29 is 4.79 Å². The van der Waals surface area contributed by atoms with Crippen molar-refractivity contribution in [3.05, 3.63) is 65.2 Å². The minimum Gasteiger partial charge on any atom is -0.308 e. The molecule has 102 valence electrons. The molecule has 1 aliphatic carbocycles. The molecule has 0 saturated heterocycles. The molecule has 0 aromatic heterocycles. The summed E-state index contributed by atoms with van der Waals surface area (Å²) in [6, 6.07) is 17.5. The molecule has 0 N–H and O–H groups in total. The molecule has 1 fully saturated rings. The standard InChI is InChI=1S/C17H16ClNO/c18-15-10-6-13(7-11-15)12-19(17(20)14-8-9-14)16-4-2-1-3-5-16/h1-7,10-11,14H,8-9,12H2. The van der Waals surface area contributed by atoms with Crippen LogP contribution in [0.2, 0.25) is 5.02 Å². The van der Waals surface area contributed by atoms with E-state index >= 15 is 0 Å². The monoisotopic (exact) mass is 285 g/mol. The third-order valence-electron chi connectivity index (χ3n) is 3.51. The third-order valence-corrected chi connectivity index (χ3v) is 3.77. The normalized spacial score (nSPS) is 14.1. The highest BCUT2D eigenvalue weighted by atomic mass is 35.5. The summed E-state index contributed by atoms with van der Waals surface area (Å²) >= 11 is 5.91. The van der Waals surface area contributed by atoms with Crippen LogP contribution in [0, 0.1) is 5.92 Å². The number of nitrogens with zero attached hydrogens (tertiary/aromatic N) is 1. The number of anilines is 1. The summed E-state index contributed by atoms with van der Waals surface area (Å²) in [5.74, 6) is 0.439. The quantitative estimate of drug-likeness (QED) is 0.821. The van der Waals surface area contributed by atoms with Gasteiger partial charge in [0.2, 0.25) is 5.91 Å². The highest BCUT2D eigenvalue weighted by Crippen LogP contribution is 2.33. The minimum atomic E-state index is 0.211.